The van der Waals surface area contributed by atoms with Crippen LogP contribution in [-0.2, 0) is 4.79 Å². The number of nitrogens with one attached hydrogen (secondary N) is 1. The van der Waals surface area contributed by atoms with Crippen LogP contribution in [0.15, 0.2) is 51.8 Å². The van der Waals surface area contributed by atoms with E-state index in [4.69, 9.17) is 11.6 Å². The molecule has 0 radical (unpaired) electrons. The lowest BCUT2D eigenvalue weighted by Crippen LogP contribution is -2.19. The van der Waals surface area contributed by atoms with Gasteiger partial charge >= 0.3 is 0 Å². The summed E-state index contributed by atoms with van der Waals surface area (Å²) < 4.78 is 2.09. The Morgan fingerprint density at radius 2 is 2.11 bits per heavy atom. The van der Waals surface area contributed by atoms with Crippen molar-refractivity contribution >= 4 is 57.0 Å². The van der Waals surface area contributed by atoms with Gasteiger partial charge < -0.3 is 9.88 Å². The maximum atomic E-state index is 12.3. The van der Waals surface area contributed by atoms with Crippen LogP contribution in [0.1, 0.15) is 17.0 Å². The minimum absolute atomic E-state index is 0.155. The van der Waals surface area contributed by atoms with Crippen LogP contribution in [0.2, 0.25) is 5.02 Å². The number of nitrogens with zero attached hydrogens (tertiary/aromatic N) is 3. The van der Waals surface area contributed by atoms with Gasteiger partial charge in [0.15, 0.2) is 5.17 Å². The van der Waals surface area contributed by atoms with E-state index in [1.807, 2.05) is 49.6 Å². The summed E-state index contributed by atoms with van der Waals surface area (Å²) in [4.78, 5) is 21.4. The van der Waals surface area contributed by atoms with E-state index >= 15 is 0 Å². The third-order valence-corrected chi connectivity index (χ3v) is 6.01. The SMILES string of the molecule is Cc1cc(/C=C2\S/C(=N/c3nccs3)NC2=O)c(C)n1-c1ccccc1Cl. The summed E-state index contributed by atoms with van der Waals surface area (Å²) in [6, 6.07) is 9.77. The van der Waals surface area contributed by atoms with Gasteiger partial charge in [-0.15, -0.1) is 11.3 Å². The van der Waals surface area contributed by atoms with Gasteiger partial charge in [0.25, 0.3) is 5.91 Å². The maximum absolute atomic E-state index is 12.3. The molecule has 0 bridgehead atoms. The van der Waals surface area contributed by atoms with Crippen LogP contribution in [0.25, 0.3) is 11.8 Å². The number of carbonyl (C=O) groups excluding carboxylic acids is 1. The summed E-state index contributed by atoms with van der Waals surface area (Å²) >= 11 is 9.11. The number of aryl methyl sites for hydroxylation is 1. The van der Waals surface area contributed by atoms with Crippen molar-refractivity contribution in [1.82, 2.24) is 14.9 Å². The molecule has 1 saturated heterocycles. The van der Waals surface area contributed by atoms with Crippen LogP contribution < -0.4 is 5.32 Å². The van der Waals surface area contributed by atoms with Crippen molar-refractivity contribution in [3.63, 3.8) is 0 Å². The molecule has 1 aliphatic heterocycles. The smallest absolute Gasteiger partial charge is 0.264 e. The predicted molar refractivity (Wildman–Crippen MR) is 113 cm³/mol. The molecule has 0 aliphatic carbocycles. The lowest BCUT2D eigenvalue weighted by molar-refractivity contribution is -0.115. The first-order chi connectivity index (χ1) is 13.0. The van der Waals surface area contributed by atoms with E-state index in [2.05, 4.69) is 25.9 Å². The van der Waals surface area contributed by atoms with Gasteiger partial charge in [-0.05, 0) is 55.4 Å². The van der Waals surface area contributed by atoms with Gasteiger partial charge in [-0.25, -0.2) is 4.98 Å². The van der Waals surface area contributed by atoms with Crippen LogP contribution in [0.5, 0.6) is 0 Å². The van der Waals surface area contributed by atoms with Crippen LogP contribution in [-0.4, -0.2) is 20.6 Å². The molecule has 2 aromatic heterocycles. The average Bonchev–Trinajstić information content (AvgIpc) is 3.32. The van der Waals surface area contributed by atoms with Gasteiger partial charge in [0.05, 0.1) is 15.6 Å². The lowest BCUT2D eigenvalue weighted by atomic mass is 10.2. The Kier molecular flexibility index (Phi) is 4.90. The Balaban J connectivity index is 1.68. The summed E-state index contributed by atoms with van der Waals surface area (Å²) in [5, 5.41) is 6.49. The highest BCUT2D eigenvalue weighted by molar-refractivity contribution is 8.18. The maximum Gasteiger partial charge on any atom is 0.264 e. The first kappa shape index (κ1) is 18.0. The molecule has 136 valence electrons. The van der Waals surface area contributed by atoms with Gasteiger partial charge in [-0.1, -0.05) is 23.7 Å². The van der Waals surface area contributed by atoms with Gasteiger partial charge in [0.1, 0.15) is 0 Å². The van der Waals surface area contributed by atoms with E-state index in [9.17, 15) is 4.79 Å². The zero-order valence-corrected chi connectivity index (χ0v) is 17.0. The number of hydrogen-bond donors (Lipinski definition) is 1. The number of halogens is 1. The Bertz CT molecular complexity index is 1080. The Morgan fingerprint density at radius 1 is 1.30 bits per heavy atom. The number of aromatic nitrogens is 2. The van der Waals surface area contributed by atoms with Crippen molar-refractivity contribution in [2.24, 2.45) is 4.99 Å². The van der Waals surface area contributed by atoms with Crippen LogP contribution in [0.4, 0.5) is 5.13 Å². The molecule has 0 spiro atoms. The number of para-hydroxylation sites is 1. The lowest BCUT2D eigenvalue weighted by Gasteiger charge is -2.11. The van der Waals surface area contributed by atoms with Crippen molar-refractivity contribution in [2.75, 3.05) is 0 Å². The van der Waals surface area contributed by atoms with E-state index in [1.165, 1.54) is 23.1 Å². The van der Waals surface area contributed by atoms with Crippen LogP contribution in [0.3, 0.4) is 0 Å². The van der Waals surface area contributed by atoms with E-state index in [1.54, 1.807) is 6.20 Å². The molecular weight excluding hydrogens is 400 g/mol. The van der Waals surface area contributed by atoms with Crippen molar-refractivity contribution in [1.29, 1.82) is 0 Å². The molecule has 0 atom stereocenters. The second-order valence-electron chi connectivity index (χ2n) is 5.91. The third kappa shape index (κ3) is 3.58. The number of aliphatic imine (C=N–C) groups is 1. The van der Waals surface area contributed by atoms with Crippen molar-refractivity contribution < 1.29 is 4.79 Å². The number of carbonyl (C=O) groups is 1. The molecule has 4 rings (SSSR count). The highest BCUT2D eigenvalue weighted by Gasteiger charge is 2.25. The highest BCUT2D eigenvalue weighted by Crippen LogP contribution is 2.32. The molecule has 1 aliphatic rings. The van der Waals surface area contributed by atoms with E-state index in [0.717, 1.165) is 22.6 Å². The fourth-order valence-corrected chi connectivity index (χ4v) is 4.52. The molecule has 0 saturated carbocycles. The number of thiazole rings is 1. The van der Waals surface area contributed by atoms with E-state index < -0.39 is 0 Å². The zero-order valence-electron chi connectivity index (χ0n) is 14.6. The Morgan fingerprint density at radius 3 is 2.85 bits per heavy atom. The number of hydrogen-bond acceptors (Lipinski definition) is 5. The van der Waals surface area contributed by atoms with Gasteiger partial charge in [0, 0.05) is 23.0 Å². The standard InChI is InChI=1S/C19H15ClN4OS2/c1-11-9-13(12(2)24(11)15-6-4-3-5-14(15)20)10-16-17(25)22-19(27-16)23-18-21-7-8-26-18/h3-10H,1-2H3,(H,21,22,23,25)/b16-10-. The minimum atomic E-state index is -0.155. The summed E-state index contributed by atoms with van der Waals surface area (Å²) in [6.07, 6.45) is 3.58. The fourth-order valence-electron chi connectivity index (χ4n) is 2.92. The normalized spacial score (nSPS) is 17.1. The number of rotatable bonds is 3. The van der Waals surface area contributed by atoms with Gasteiger partial charge in [-0.3, -0.25) is 4.79 Å². The molecule has 27 heavy (non-hydrogen) atoms. The number of benzene rings is 1. The first-order valence-corrected chi connectivity index (χ1v) is 10.2. The second kappa shape index (κ2) is 7.34. The number of amidine groups is 1. The van der Waals surface area contributed by atoms with Crippen LogP contribution in [0, 0.1) is 13.8 Å². The fraction of sp³-hybridized carbons (Fsp3) is 0.105. The number of thioether (sulfide) groups is 1. The molecule has 0 unspecified atom stereocenters. The van der Waals surface area contributed by atoms with E-state index in [-0.39, 0.29) is 5.91 Å². The zero-order chi connectivity index (χ0) is 19.0. The summed E-state index contributed by atoms with van der Waals surface area (Å²) in [6.45, 7) is 4.04. The molecular formula is C19H15ClN4OS2. The molecule has 3 aromatic rings. The molecule has 1 amide bonds. The van der Waals surface area contributed by atoms with Gasteiger partial charge in [-0.2, -0.15) is 4.99 Å². The second-order valence-corrected chi connectivity index (χ2v) is 8.22. The molecule has 5 nitrogen and oxygen atoms in total. The molecule has 1 N–H and O–H groups in total. The van der Waals surface area contributed by atoms with Crippen LogP contribution >= 0.6 is 34.7 Å². The minimum Gasteiger partial charge on any atom is -0.316 e. The van der Waals surface area contributed by atoms with Crippen molar-refractivity contribution in [3.8, 4) is 5.69 Å². The quantitative estimate of drug-likeness (QED) is 0.607. The highest BCUT2D eigenvalue weighted by atomic mass is 35.5. The number of amides is 1. The Hall–Kier alpha value is -2.35. The van der Waals surface area contributed by atoms with Crippen molar-refractivity contribution in [2.45, 2.75) is 13.8 Å². The molecule has 3 heterocycles. The average molecular weight is 415 g/mol. The Labute approximate surface area is 169 Å². The predicted octanol–water partition coefficient (Wildman–Crippen LogP) is 5.10. The molecule has 1 aromatic carbocycles. The summed E-state index contributed by atoms with van der Waals surface area (Å²) in [5.74, 6) is -0.155. The monoisotopic (exact) mass is 414 g/mol. The summed E-state index contributed by atoms with van der Waals surface area (Å²) in [5.41, 5.74) is 3.97. The van der Waals surface area contributed by atoms with E-state index in [0.29, 0.717) is 20.2 Å². The topological polar surface area (TPSA) is 59.3 Å². The van der Waals surface area contributed by atoms with Crippen molar-refractivity contribution in [3.05, 3.63) is 68.8 Å². The molecule has 1 fully saturated rings. The summed E-state index contributed by atoms with van der Waals surface area (Å²) in [7, 11) is 0. The first-order valence-electron chi connectivity index (χ1n) is 8.16. The molecule has 8 heteroatoms. The third-order valence-electron chi connectivity index (χ3n) is 4.12. The van der Waals surface area contributed by atoms with Gasteiger partial charge in [0.2, 0.25) is 5.13 Å². The largest absolute Gasteiger partial charge is 0.316 e.